The molecular formula is C31H30FN3O4. The number of hydrogen-bond acceptors (Lipinski definition) is 4. The quantitative estimate of drug-likeness (QED) is 0.350. The van der Waals surface area contributed by atoms with Gasteiger partial charge in [-0.25, -0.2) is 8.91 Å². The average molecular weight is 528 g/mol. The van der Waals surface area contributed by atoms with Gasteiger partial charge in [-0.3, -0.25) is 9.59 Å². The number of benzene rings is 2. The predicted octanol–water partition coefficient (Wildman–Crippen LogP) is 5.66. The highest BCUT2D eigenvalue weighted by Gasteiger charge is 2.44. The van der Waals surface area contributed by atoms with Crippen LogP contribution >= 0.6 is 0 Å². The number of carbonyl (C=O) groups excluding carboxylic acids is 1. The molecule has 4 aromatic rings. The van der Waals surface area contributed by atoms with Crippen LogP contribution in [0.25, 0.3) is 16.8 Å². The lowest BCUT2D eigenvalue weighted by Crippen LogP contribution is -2.39. The summed E-state index contributed by atoms with van der Waals surface area (Å²) in [5, 5.41) is 13.9. The Kier molecular flexibility index (Phi) is 6.13. The minimum Gasteiger partial charge on any atom is -0.494 e. The van der Waals surface area contributed by atoms with E-state index in [4.69, 9.17) is 9.84 Å². The Bertz CT molecular complexity index is 1630. The minimum atomic E-state index is -0.850. The average Bonchev–Trinajstić information content (AvgIpc) is 3.64. The molecular weight excluding hydrogens is 497 g/mol. The zero-order chi connectivity index (χ0) is 27.4. The van der Waals surface area contributed by atoms with E-state index in [1.54, 1.807) is 22.7 Å². The van der Waals surface area contributed by atoms with Crippen LogP contribution in [-0.2, 0) is 17.6 Å². The van der Waals surface area contributed by atoms with Gasteiger partial charge in [-0.15, -0.1) is 0 Å². The molecule has 1 amide bonds. The first-order chi connectivity index (χ1) is 18.8. The lowest BCUT2D eigenvalue weighted by Gasteiger charge is -2.35. The highest BCUT2D eigenvalue weighted by Crippen LogP contribution is 2.48. The Morgan fingerprint density at radius 3 is 2.64 bits per heavy atom. The fourth-order valence-electron chi connectivity index (χ4n) is 5.96. The fourth-order valence-corrected chi connectivity index (χ4v) is 5.96. The number of aliphatic carboxylic acids is 1. The van der Waals surface area contributed by atoms with E-state index < -0.39 is 17.7 Å². The van der Waals surface area contributed by atoms with Gasteiger partial charge in [0.15, 0.2) is 5.75 Å². The molecule has 0 radical (unpaired) electrons. The van der Waals surface area contributed by atoms with Gasteiger partial charge in [-0.1, -0.05) is 37.3 Å². The van der Waals surface area contributed by atoms with E-state index in [9.17, 15) is 14.7 Å². The van der Waals surface area contributed by atoms with Gasteiger partial charge < -0.3 is 14.7 Å². The Morgan fingerprint density at radius 1 is 1.15 bits per heavy atom. The molecule has 1 N–H and O–H groups in total. The van der Waals surface area contributed by atoms with Gasteiger partial charge in [0.25, 0.3) is 5.91 Å². The molecule has 8 heteroatoms. The molecule has 3 atom stereocenters. The van der Waals surface area contributed by atoms with Crippen molar-refractivity contribution in [2.75, 3.05) is 13.7 Å². The van der Waals surface area contributed by atoms with Crippen molar-refractivity contribution in [3.8, 4) is 17.0 Å². The molecule has 0 bridgehead atoms. The van der Waals surface area contributed by atoms with E-state index in [0.29, 0.717) is 53.0 Å². The van der Waals surface area contributed by atoms with E-state index in [1.807, 2.05) is 36.9 Å². The van der Waals surface area contributed by atoms with Crippen molar-refractivity contribution in [3.05, 3.63) is 88.4 Å². The van der Waals surface area contributed by atoms with Crippen LogP contribution in [0.3, 0.4) is 0 Å². The summed E-state index contributed by atoms with van der Waals surface area (Å²) in [7, 11) is 1.53. The SMILES string of the molecule is CCc1cc(C(=O)N2CCc3ccccc3[C@H]2C)c(OC)c2cc(-c3ccc(C4CC4C(=O)O)cc3F)nn12. The molecule has 1 aliphatic carbocycles. The van der Waals surface area contributed by atoms with Crippen molar-refractivity contribution in [1.29, 1.82) is 0 Å². The van der Waals surface area contributed by atoms with E-state index >= 15 is 4.39 Å². The number of rotatable bonds is 6. The zero-order valence-electron chi connectivity index (χ0n) is 22.1. The number of hydrogen-bond donors (Lipinski definition) is 1. The molecule has 39 heavy (non-hydrogen) atoms. The Labute approximate surface area is 225 Å². The molecule has 200 valence electrons. The normalized spacial score (nSPS) is 20.1. The molecule has 6 rings (SSSR count). The maximum Gasteiger partial charge on any atom is 0.307 e. The summed E-state index contributed by atoms with van der Waals surface area (Å²) in [6.45, 7) is 4.64. The molecule has 0 saturated heterocycles. The second-order valence-corrected chi connectivity index (χ2v) is 10.4. The Balaban J connectivity index is 1.39. The molecule has 2 aromatic heterocycles. The summed E-state index contributed by atoms with van der Waals surface area (Å²) in [6.07, 6.45) is 1.93. The maximum atomic E-state index is 15.3. The largest absolute Gasteiger partial charge is 0.494 e. The highest BCUT2D eigenvalue weighted by molar-refractivity contribution is 6.00. The Hall–Kier alpha value is -4.20. The molecule has 1 saturated carbocycles. The van der Waals surface area contributed by atoms with E-state index in [0.717, 1.165) is 17.7 Å². The lowest BCUT2D eigenvalue weighted by atomic mass is 9.93. The van der Waals surface area contributed by atoms with E-state index in [-0.39, 0.29) is 17.9 Å². The van der Waals surface area contributed by atoms with Crippen molar-refractivity contribution in [2.45, 2.75) is 45.1 Å². The smallest absolute Gasteiger partial charge is 0.307 e. The van der Waals surface area contributed by atoms with Gasteiger partial charge in [-0.05, 0) is 73.1 Å². The Morgan fingerprint density at radius 2 is 1.95 bits per heavy atom. The number of amides is 1. The van der Waals surface area contributed by atoms with Crippen LogP contribution in [0.15, 0.2) is 54.6 Å². The molecule has 7 nitrogen and oxygen atoms in total. The third kappa shape index (κ3) is 4.15. The van der Waals surface area contributed by atoms with Crippen LogP contribution in [0.5, 0.6) is 5.75 Å². The van der Waals surface area contributed by atoms with Crippen LogP contribution < -0.4 is 4.74 Å². The van der Waals surface area contributed by atoms with Gasteiger partial charge in [0, 0.05) is 17.8 Å². The second kappa shape index (κ2) is 9.52. The van der Waals surface area contributed by atoms with Crippen LogP contribution in [-0.4, -0.2) is 45.2 Å². The number of aromatic nitrogens is 2. The minimum absolute atomic E-state index is 0.0752. The van der Waals surface area contributed by atoms with Gasteiger partial charge in [0.2, 0.25) is 0 Å². The number of aryl methyl sites for hydroxylation is 1. The van der Waals surface area contributed by atoms with Crippen molar-refractivity contribution in [1.82, 2.24) is 14.5 Å². The maximum absolute atomic E-state index is 15.3. The van der Waals surface area contributed by atoms with Crippen molar-refractivity contribution in [2.24, 2.45) is 5.92 Å². The fraction of sp³-hybridized carbons (Fsp3) is 0.323. The predicted molar refractivity (Wildman–Crippen MR) is 145 cm³/mol. The molecule has 2 aliphatic rings. The molecule has 1 aliphatic heterocycles. The highest BCUT2D eigenvalue weighted by atomic mass is 19.1. The number of carboxylic acids is 1. The summed E-state index contributed by atoms with van der Waals surface area (Å²) >= 11 is 0. The van der Waals surface area contributed by atoms with E-state index in [2.05, 4.69) is 12.1 Å². The number of methoxy groups -OCH3 is 1. The van der Waals surface area contributed by atoms with Gasteiger partial charge in [-0.2, -0.15) is 5.10 Å². The third-order valence-corrected chi connectivity index (χ3v) is 8.23. The van der Waals surface area contributed by atoms with Gasteiger partial charge >= 0.3 is 5.97 Å². The summed E-state index contributed by atoms with van der Waals surface area (Å²) in [6, 6.07) is 16.6. The molecule has 2 aromatic carbocycles. The van der Waals surface area contributed by atoms with Crippen molar-refractivity contribution in [3.63, 3.8) is 0 Å². The van der Waals surface area contributed by atoms with Crippen LogP contribution in [0.4, 0.5) is 4.39 Å². The zero-order valence-corrected chi connectivity index (χ0v) is 22.1. The first-order valence-electron chi connectivity index (χ1n) is 13.3. The monoisotopic (exact) mass is 527 g/mol. The summed E-state index contributed by atoms with van der Waals surface area (Å²) in [5.74, 6) is -1.62. The number of carbonyl (C=O) groups is 2. The topological polar surface area (TPSA) is 84.1 Å². The second-order valence-electron chi connectivity index (χ2n) is 10.4. The molecule has 0 spiro atoms. The molecule has 1 fully saturated rings. The van der Waals surface area contributed by atoms with Crippen molar-refractivity contribution >= 4 is 17.4 Å². The van der Waals surface area contributed by atoms with Crippen LogP contribution in [0, 0.1) is 11.7 Å². The summed E-state index contributed by atoms with van der Waals surface area (Å²) in [4.78, 5) is 27.1. The number of carboxylic acid groups (broad SMARTS) is 1. The van der Waals surface area contributed by atoms with Gasteiger partial charge in [0.1, 0.15) is 11.3 Å². The first kappa shape index (κ1) is 25.1. The number of fused-ring (bicyclic) bond motifs is 2. The third-order valence-electron chi connectivity index (χ3n) is 8.23. The molecule has 2 unspecified atom stereocenters. The summed E-state index contributed by atoms with van der Waals surface area (Å²) in [5.41, 5.74) is 5.70. The first-order valence-corrected chi connectivity index (χ1v) is 13.3. The van der Waals surface area contributed by atoms with Crippen molar-refractivity contribution < 1.29 is 23.8 Å². The van der Waals surface area contributed by atoms with E-state index in [1.165, 1.54) is 18.7 Å². The number of pyridine rings is 1. The van der Waals surface area contributed by atoms with Crippen LogP contribution in [0.1, 0.15) is 65.0 Å². The molecule has 3 heterocycles. The number of ether oxygens (including phenoxy) is 1. The number of nitrogens with zero attached hydrogens (tertiary/aromatic N) is 3. The standard InChI is InChI=1S/C31H30FN3O4/c1-4-20-14-25(30(36)34-12-11-18-7-5-6-8-21(18)17(34)2)29(39-3)28-16-27(33-35(20)28)22-10-9-19(13-26(22)32)23-15-24(23)31(37)38/h5-10,13-14,16-17,23-24H,4,11-12,15H2,1-3H3,(H,37,38)/t17-,23?,24?/m1/s1. The number of halogens is 1. The lowest BCUT2D eigenvalue weighted by molar-refractivity contribution is -0.138. The van der Waals surface area contributed by atoms with Gasteiger partial charge in [0.05, 0.1) is 30.3 Å². The van der Waals surface area contributed by atoms with Crippen LogP contribution in [0.2, 0.25) is 0 Å². The summed E-state index contributed by atoms with van der Waals surface area (Å²) < 4.78 is 22.8.